The van der Waals surface area contributed by atoms with Crippen molar-refractivity contribution in [2.24, 2.45) is 7.05 Å². The van der Waals surface area contributed by atoms with Crippen molar-refractivity contribution < 1.29 is 9.90 Å². The molecule has 4 heterocycles. The van der Waals surface area contributed by atoms with E-state index in [-0.39, 0.29) is 11.6 Å². The molecule has 1 unspecified atom stereocenters. The van der Waals surface area contributed by atoms with Gasteiger partial charge in [-0.25, -0.2) is 9.48 Å². The van der Waals surface area contributed by atoms with Crippen LogP contribution in [0.1, 0.15) is 31.2 Å². The van der Waals surface area contributed by atoms with Crippen LogP contribution in [-0.4, -0.2) is 59.0 Å². The topological polar surface area (TPSA) is 98.2 Å². The van der Waals surface area contributed by atoms with E-state index < -0.39 is 6.10 Å². The third-order valence-corrected chi connectivity index (χ3v) is 8.61. The number of para-hydroxylation sites is 1. The number of likely N-dealkylation sites (tertiary alicyclic amines) is 1. The average molecular weight is 573 g/mol. The van der Waals surface area contributed by atoms with Crippen LogP contribution in [0.25, 0.3) is 44.4 Å². The Bertz CT molecular complexity index is 2010. The quantitative estimate of drug-likeness (QED) is 0.320. The molecule has 1 atom stereocenters. The van der Waals surface area contributed by atoms with Crippen molar-refractivity contribution in [3.63, 3.8) is 0 Å². The molecule has 1 saturated heterocycles. The number of amides is 1. The summed E-state index contributed by atoms with van der Waals surface area (Å²) in [5.74, 6) is 0.111. The molecule has 1 N–H and O–H groups in total. The number of benzene rings is 3. The highest BCUT2D eigenvalue weighted by atomic mass is 16.3. The first-order chi connectivity index (χ1) is 20.9. The molecule has 9 heteroatoms. The van der Waals surface area contributed by atoms with Gasteiger partial charge in [-0.05, 0) is 73.2 Å². The van der Waals surface area contributed by atoms with Crippen LogP contribution in [0.15, 0.2) is 96.2 Å². The molecule has 0 bridgehead atoms. The molecular weight excluding hydrogens is 540 g/mol. The second-order valence-corrected chi connectivity index (χ2v) is 11.3. The van der Waals surface area contributed by atoms with Crippen molar-refractivity contribution in [2.45, 2.75) is 31.8 Å². The number of piperidine rings is 1. The van der Waals surface area contributed by atoms with E-state index in [9.17, 15) is 14.7 Å². The van der Waals surface area contributed by atoms with Crippen LogP contribution in [0.3, 0.4) is 0 Å². The maximum Gasteiger partial charge on any atom is 0.333 e. The summed E-state index contributed by atoms with van der Waals surface area (Å²) in [5.41, 5.74) is 7.16. The molecule has 6 aromatic rings. The predicted molar refractivity (Wildman–Crippen MR) is 167 cm³/mol. The third-order valence-electron chi connectivity index (χ3n) is 8.61. The number of nitrogens with zero attached hydrogens (tertiary/aromatic N) is 6. The number of imidazole rings is 1. The van der Waals surface area contributed by atoms with Crippen molar-refractivity contribution in [3.05, 3.63) is 107 Å². The molecule has 0 aliphatic carbocycles. The number of carbonyl (C=O) groups is 1. The van der Waals surface area contributed by atoms with Crippen molar-refractivity contribution in [2.75, 3.05) is 13.1 Å². The highest BCUT2D eigenvalue weighted by Gasteiger charge is 2.26. The number of aryl methyl sites for hydroxylation is 1. The highest BCUT2D eigenvalue weighted by Crippen LogP contribution is 2.32. The first-order valence-corrected chi connectivity index (χ1v) is 14.6. The normalized spacial score (nSPS) is 14.9. The zero-order valence-electron chi connectivity index (χ0n) is 24.1. The summed E-state index contributed by atoms with van der Waals surface area (Å²) in [6.45, 7) is 2.77. The minimum absolute atomic E-state index is 0.135. The van der Waals surface area contributed by atoms with E-state index in [0.717, 1.165) is 57.3 Å². The second kappa shape index (κ2) is 10.7. The molecule has 9 nitrogen and oxygen atoms in total. The smallest absolute Gasteiger partial charge is 0.333 e. The molecule has 1 fully saturated rings. The van der Waals surface area contributed by atoms with Gasteiger partial charge in [-0.3, -0.25) is 18.9 Å². The van der Waals surface area contributed by atoms with Gasteiger partial charge in [0.2, 0.25) is 0 Å². The monoisotopic (exact) mass is 572 g/mol. The SMILES string of the molecule is CC(O)C(=O)N1CCC(c2ccc(-n3c(=O)n(C)c4cnc5ccc(-c6cnn(-c7ccccc7)c6)cc5c43)cc2)CC1. The Hall–Kier alpha value is -5.02. The first kappa shape index (κ1) is 26.9. The summed E-state index contributed by atoms with van der Waals surface area (Å²) >= 11 is 0. The van der Waals surface area contributed by atoms with Crippen molar-refractivity contribution in [1.29, 1.82) is 0 Å². The van der Waals surface area contributed by atoms with Crippen molar-refractivity contribution in [3.8, 4) is 22.5 Å². The maximum absolute atomic E-state index is 13.6. The van der Waals surface area contributed by atoms with Gasteiger partial charge in [0.25, 0.3) is 5.91 Å². The van der Waals surface area contributed by atoms with Gasteiger partial charge in [-0.1, -0.05) is 36.4 Å². The Morgan fingerprint density at radius 2 is 1.67 bits per heavy atom. The summed E-state index contributed by atoms with van der Waals surface area (Å²) in [4.78, 5) is 32.2. The maximum atomic E-state index is 13.6. The van der Waals surface area contributed by atoms with Gasteiger partial charge in [-0.15, -0.1) is 0 Å². The van der Waals surface area contributed by atoms with Crippen LogP contribution in [-0.2, 0) is 11.8 Å². The van der Waals surface area contributed by atoms with E-state index in [1.54, 1.807) is 27.3 Å². The third kappa shape index (κ3) is 4.71. The van der Waals surface area contributed by atoms with E-state index in [1.807, 2.05) is 71.7 Å². The lowest BCUT2D eigenvalue weighted by atomic mass is 9.89. The molecule has 1 amide bonds. The molecule has 7 rings (SSSR count). The van der Waals surface area contributed by atoms with Gasteiger partial charge in [0, 0.05) is 37.3 Å². The lowest BCUT2D eigenvalue weighted by Gasteiger charge is -2.33. The van der Waals surface area contributed by atoms with Crippen LogP contribution >= 0.6 is 0 Å². The van der Waals surface area contributed by atoms with Crippen LogP contribution in [0.2, 0.25) is 0 Å². The summed E-state index contributed by atoms with van der Waals surface area (Å²) in [6, 6.07) is 24.3. The van der Waals surface area contributed by atoms with E-state index in [0.29, 0.717) is 19.0 Å². The Balaban J connectivity index is 1.25. The number of aromatic nitrogens is 5. The Morgan fingerprint density at radius 1 is 0.930 bits per heavy atom. The van der Waals surface area contributed by atoms with E-state index in [4.69, 9.17) is 0 Å². The molecule has 43 heavy (non-hydrogen) atoms. The van der Waals surface area contributed by atoms with Crippen LogP contribution < -0.4 is 5.69 Å². The van der Waals surface area contributed by atoms with Gasteiger partial charge in [0.1, 0.15) is 6.10 Å². The Kier molecular flexibility index (Phi) is 6.66. The van der Waals surface area contributed by atoms with E-state index in [1.165, 1.54) is 12.5 Å². The standard InChI is InChI=1S/C34H32N6O3/c1-22(41)33(42)38-16-14-24(15-17-38)23-8-11-28(12-9-23)40-32-29-18-25(10-13-30(29)35-20-31(32)37(2)34(40)43)26-19-36-39(21-26)27-6-4-3-5-7-27/h3-13,18-22,24,41H,14-17H2,1-2H3. The molecule has 216 valence electrons. The molecule has 3 aromatic heterocycles. The summed E-state index contributed by atoms with van der Waals surface area (Å²) < 4.78 is 5.27. The second-order valence-electron chi connectivity index (χ2n) is 11.3. The molecule has 0 saturated carbocycles. The molecule has 1 aliphatic heterocycles. The molecule has 0 radical (unpaired) electrons. The van der Waals surface area contributed by atoms with Crippen molar-refractivity contribution >= 4 is 27.8 Å². The molecule has 3 aromatic carbocycles. The zero-order valence-corrected chi connectivity index (χ0v) is 24.1. The number of carbonyl (C=O) groups excluding carboxylic acids is 1. The number of hydrogen-bond donors (Lipinski definition) is 1. The highest BCUT2D eigenvalue weighted by molar-refractivity contribution is 6.04. The lowest BCUT2D eigenvalue weighted by Crippen LogP contribution is -2.42. The summed E-state index contributed by atoms with van der Waals surface area (Å²) in [5, 5.41) is 15.1. The predicted octanol–water partition coefficient (Wildman–Crippen LogP) is 4.82. The molecule has 0 spiro atoms. The molecule has 1 aliphatic rings. The van der Waals surface area contributed by atoms with Gasteiger partial charge in [0.15, 0.2) is 0 Å². The van der Waals surface area contributed by atoms with Gasteiger partial charge >= 0.3 is 5.69 Å². The fourth-order valence-electron chi connectivity index (χ4n) is 6.20. The number of rotatable bonds is 5. The van der Waals surface area contributed by atoms with Gasteiger partial charge in [0.05, 0.1) is 40.3 Å². The van der Waals surface area contributed by atoms with Crippen LogP contribution in [0, 0.1) is 0 Å². The van der Waals surface area contributed by atoms with E-state index >= 15 is 0 Å². The Labute approximate surface area is 248 Å². The minimum atomic E-state index is -0.968. The zero-order chi connectivity index (χ0) is 29.7. The number of hydrogen-bond acceptors (Lipinski definition) is 5. The van der Waals surface area contributed by atoms with Gasteiger partial charge < -0.3 is 10.0 Å². The fourth-order valence-corrected chi connectivity index (χ4v) is 6.20. The number of pyridine rings is 1. The molecular formula is C34H32N6O3. The van der Waals surface area contributed by atoms with E-state index in [2.05, 4.69) is 28.3 Å². The number of aliphatic hydroxyl groups excluding tert-OH is 1. The number of fused-ring (bicyclic) bond motifs is 3. The Morgan fingerprint density at radius 3 is 2.40 bits per heavy atom. The van der Waals surface area contributed by atoms with Crippen LogP contribution in [0.5, 0.6) is 0 Å². The number of aliphatic hydroxyl groups is 1. The lowest BCUT2D eigenvalue weighted by molar-refractivity contribution is -0.140. The summed E-state index contributed by atoms with van der Waals surface area (Å²) in [6.07, 6.45) is 6.33. The largest absolute Gasteiger partial charge is 0.384 e. The average Bonchev–Trinajstić information content (AvgIpc) is 3.64. The van der Waals surface area contributed by atoms with Crippen molar-refractivity contribution in [1.82, 2.24) is 28.8 Å². The summed E-state index contributed by atoms with van der Waals surface area (Å²) in [7, 11) is 1.78. The first-order valence-electron chi connectivity index (χ1n) is 14.6. The van der Waals surface area contributed by atoms with Gasteiger partial charge in [-0.2, -0.15) is 5.10 Å². The van der Waals surface area contributed by atoms with Crippen LogP contribution in [0.4, 0.5) is 0 Å². The fraction of sp³-hybridized carbons (Fsp3) is 0.235. The minimum Gasteiger partial charge on any atom is -0.384 e.